The number of cyclic esters (lactones) is 1. The van der Waals surface area contributed by atoms with Crippen LogP contribution in [0.2, 0.25) is 0 Å². The van der Waals surface area contributed by atoms with Crippen molar-refractivity contribution < 1.29 is 14.6 Å². The number of aromatic amines is 1. The molecule has 1 aromatic heterocycles. The van der Waals surface area contributed by atoms with Crippen molar-refractivity contribution in [3.05, 3.63) is 36.0 Å². The normalized spacial score (nSPS) is 28.4. The van der Waals surface area contributed by atoms with E-state index in [2.05, 4.69) is 11.1 Å². The third-order valence-corrected chi connectivity index (χ3v) is 5.01. The summed E-state index contributed by atoms with van der Waals surface area (Å²) in [7, 11) is 0. The van der Waals surface area contributed by atoms with E-state index in [1.165, 1.54) is 4.90 Å². The van der Waals surface area contributed by atoms with Crippen molar-refractivity contribution >= 4 is 17.0 Å². The first-order chi connectivity index (χ1) is 10.4. The van der Waals surface area contributed by atoms with E-state index in [4.69, 9.17) is 4.74 Å². The lowest BCUT2D eigenvalue weighted by molar-refractivity contribution is -0.137. The Morgan fingerprint density at radius 2 is 2.05 bits per heavy atom. The summed E-state index contributed by atoms with van der Waals surface area (Å²) >= 11 is 0. The molecule has 0 bridgehead atoms. The van der Waals surface area contributed by atoms with Crippen LogP contribution < -0.4 is 0 Å². The number of hydrogen-bond acceptors (Lipinski definition) is 3. The monoisotopic (exact) mass is 302 g/mol. The maximum Gasteiger partial charge on any atom is 0.412 e. The Balaban J connectivity index is 1.80. The lowest BCUT2D eigenvalue weighted by Crippen LogP contribution is -2.55. The zero-order valence-corrected chi connectivity index (χ0v) is 13.2. The van der Waals surface area contributed by atoms with Crippen LogP contribution in [0.3, 0.4) is 0 Å². The molecule has 1 amide bonds. The number of aromatic nitrogens is 1. The fourth-order valence-electron chi connectivity index (χ4n) is 3.09. The highest BCUT2D eigenvalue weighted by Crippen LogP contribution is 2.39. The largest absolute Gasteiger partial charge is 0.438 e. The minimum Gasteiger partial charge on any atom is -0.438 e. The van der Waals surface area contributed by atoms with Gasteiger partial charge in [0.1, 0.15) is 0 Å². The molecule has 2 atom stereocenters. The van der Waals surface area contributed by atoms with Gasteiger partial charge in [-0.2, -0.15) is 0 Å². The van der Waals surface area contributed by atoms with Crippen molar-refractivity contribution in [2.24, 2.45) is 0 Å². The number of carbonyl (C=O) groups excluding carboxylic acids is 1. The van der Waals surface area contributed by atoms with Gasteiger partial charge in [-0.3, -0.25) is 4.90 Å². The number of ether oxygens (including phenoxy) is 1. The van der Waals surface area contributed by atoms with Crippen LogP contribution in [0.5, 0.6) is 0 Å². The Labute approximate surface area is 129 Å². The molecule has 0 saturated carbocycles. The Kier molecular flexibility index (Phi) is 3.40. The fourth-order valence-corrected chi connectivity index (χ4v) is 3.09. The lowest BCUT2D eigenvalue weighted by atomic mass is 9.90. The summed E-state index contributed by atoms with van der Waals surface area (Å²) in [4.78, 5) is 16.8. The van der Waals surface area contributed by atoms with Crippen LogP contribution in [0.15, 0.2) is 30.5 Å². The Hall–Kier alpha value is -2.01. The van der Waals surface area contributed by atoms with Gasteiger partial charge in [-0.1, -0.05) is 25.1 Å². The topological polar surface area (TPSA) is 65.6 Å². The molecule has 0 aliphatic carbocycles. The number of rotatable bonds is 4. The molecule has 22 heavy (non-hydrogen) atoms. The highest BCUT2D eigenvalue weighted by molar-refractivity contribution is 5.83. The quantitative estimate of drug-likeness (QED) is 0.912. The zero-order valence-electron chi connectivity index (χ0n) is 13.2. The SMILES string of the molecule is CC[C@@]1(C)OC(=O)N(CCc2c[nH]c3ccccc23)[C@]1(C)O. The van der Waals surface area contributed by atoms with E-state index >= 15 is 0 Å². The predicted octanol–water partition coefficient (Wildman–Crippen LogP) is 3.04. The first kappa shape index (κ1) is 14.9. The molecule has 3 rings (SSSR count). The van der Waals surface area contributed by atoms with Crippen LogP contribution in [-0.2, 0) is 11.2 Å². The lowest BCUT2D eigenvalue weighted by Gasteiger charge is -2.36. The van der Waals surface area contributed by atoms with Crippen LogP contribution >= 0.6 is 0 Å². The molecule has 0 unspecified atom stereocenters. The average Bonchev–Trinajstić information content (AvgIpc) is 2.96. The molecule has 2 N–H and O–H groups in total. The number of hydrogen-bond donors (Lipinski definition) is 2. The average molecular weight is 302 g/mol. The Bertz CT molecular complexity index is 707. The maximum atomic E-state index is 12.1. The second-order valence-electron chi connectivity index (χ2n) is 6.23. The molecule has 1 aliphatic rings. The van der Waals surface area contributed by atoms with Crippen molar-refractivity contribution in [2.45, 2.75) is 44.9 Å². The molecule has 1 fully saturated rings. The fraction of sp³-hybridized carbons (Fsp3) is 0.471. The van der Waals surface area contributed by atoms with Gasteiger partial charge < -0.3 is 14.8 Å². The second kappa shape index (κ2) is 5.02. The smallest absolute Gasteiger partial charge is 0.412 e. The van der Waals surface area contributed by atoms with Gasteiger partial charge in [0.2, 0.25) is 0 Å². The van der Waals surface area contributed by atoms with Crippen molar-refractivity contribution in [2.75, 3.05) is 6.54 Å². The van der Waals surface area contributed by atoms with Gasteiger partial charge in [0, 0.05) is 23.6 Å². The summed E-state index contributed by atoms with van der Waals surface area (Å²) in [6, 6.07) is 8.05. The molecule has 0 radical (unpaired) electrons. The number of nitrogens with zero attached hydrogens (tertiary/aromatic N) is 1. The molecule has 1 aromatic carbocycles. The number of H-pyrrole nitrogens is 1. The number of nitrogens with one attached hydrogen (secondary N) is 1. The Morgan fingerprint density at radius 3 is 2.73 bits per heavy atom. The van der Waals surface area contributed by atoms with Crippen LogP contribution in [0.25, 0.3) is 10.9 Å². The Morgan fingerprint density at radius 1 is 1.32 bits per heavy atom. The molecule has 2 aromatic rings. The summed E-state index contributed by atoms with van der Waals surface area (Å²) in [5.74, 6) is 0. The minimum absolute atomic E-state index is 0.420. The molecular formula is C17H22N2O3. The van der Waals surface area contributed by atoms with E-state index in [-0.39, 0.29) is 0 Å². The number of benzene rings is 1. The van der Waals surface area contributed by atoms with Crippen molar-refractivity contribution in [1.82, 2.24) is 9.88 Å². The second-order valence-corrected chi connectivity index (χ2v) is 6.23. The summed E-state index contributed by atoms with van der Waals surface area (Å²) in [6.45, 7) is 5.75. The van der Waals surface area contributed by atoms with Gasteiger partial charge in [-0.05, 0) is 38.3 Å². The zero-order chi connectivity index (χ0) is 16.0. The molecule has 0 spiro atoms. The summed E-state index contributed by atoms with van der Waals surface area (Å²) in [6.07, 6.45) is 2.73. The van der Waals surface area contributed by atoms with E-state index in [1.54, 1.807) is 13.8 Å². The molecule has 118 valence electrons. The number of amides is 1. The van der Waals surface area contributed by atoms with Crippen LogP contribution in [0, 0.1) is 0 Å². The number of aliphatic hydroxyl groups is 1. The van der Waals surface area contributed by atoms with E-state index in [9.17, 15) is 9.90 Å². The minimum atomic E-state index is -1.30. The first-order valence-electron chi connectivity index (χ1n) is 7.67. The van der Waals surface area contributed by atoms with Gasteiger partial charge in [-0.25, -0.2) is 4.79 Å². The van der Waals surface area contributed by atoms with Gasteiger partial charge in [0.05, 0.1) is 0 Å². The number of para-hydroxylation sites is 1. The number of carbonyl (C=O) groups is 1. The summed E-state index contributed by atoms with van der Waals surface area (Å²) in [5, 5.41) is 11.9. The molecule has 1 saturated heterocycles. The molecule has 1 aliphatic heterocycles. The van der Waals surface area contributed by atoms with Gasteiger partial charge in [0.15, 0.2) is 11.3 Å². The molecule has 5 heteroatoms. The molecule has 2 heterocycles. The van der Waals surface area contributed by atoms with E-state index in [1.807, 2.05) is 31.3 Å². The van der Waals surface area contributed by atoms with Crippen molar-refractivity contribution in [1.29, 1.82) is 0 Å². The van der Waals surface area contributed by atoms with Crippen LogP contribution in [-0.4, -0.2) is 39.0 Å². The van der Waals surface area contributed by atoms with Crippen molar-refractivity contribution in [3.63, 3.8) is 0 Å². The molecular weight excluding hydrogens is 280 g/mol. The highest BCUT2D eigenvalue weighted by atomic mass is 16.6. The summed E-state index contributed by atoms with van der Waals surface area (Å²) < 4.78 is 5.41. The van der Waals surface area contributed by atoms with Crippen LogP contribution in [0.1, 0.15) is 32.8 Å². The third kappa shape index (κ3) is 2.08. The van der Waals surface area contributed by atoms with E-state index < -0.39 is 17.4 Å². The van der Waals surface area contributed by atoms with E-state index in [0.717, 1.165) is 16.5 Å². The summed E-state index contributed by atoms with van der Waals surface area (Å²) in [5.41, 5.74) is 0.0332. The predicted molar refractivity (Wildman–Crippen MR) is 84.5 cm³/mol. The van der Waals surface area contributed by atoms with Crippen LogP contribution in [0.4, 0.5) is 4.79 Å². The van der Waals surface area contributed by atoms with Crippen molar-refractivity contribution in [3.8, 4) is 0 Å². The third-order valence-electron chi connectivity index (χ3n) is 5.01. The van der Waals surface area contributed by atoms with Gasteiger partial charge >= 0.3 is 6.09 Å². The molecule has 5 nitrogen and oxygen atoms in total. The van der Waals surface area contributed by atoms with Gasteiger partial charge in [0.25, 0.3) is 0 Å². The first-order valence-corrected chi connectivity index (χ1v) is 7.67. The van der Waals surface area contributed by atoms with Gasteiger partial charge in [-0.15, -0.1) is 0 Å². The highest BCUT2D eigenvalue weighted by Gasteiger charge is 2.57. The standard InChI is InChI=1S/C17H22N2O3/c1-4-16(2)17(3,21)19(15(20)22-16)10-9-12-11-18-14-8-6-5-7-13(12)14/h5-8,11,18,21H,4,9-10H2,1-3H3/t16-,17-/m1/s1. The van der Waals surface area contributed by atoms with E-state index in [0.29, 0.717) is 19.4 Å². The number of fused-ring (bicyclic) bond motifs is 1. The maximum absolute atomic E-state index is 12.1.